The number of hydrogen-bond donors (Lipinski definition) is 2. The second-order valence-electron chi connectivity index (χ2n) is 4.77. The number of amides is 1. The van der Waals surface area contributed by atoms with Gasteiger partial charge in [-0.1, -0.05) is 6.92 Å². The predicted molar refractivity (Wildman–Crippen MR) is 80.9 cm³/mol. The van der Waals surface area contributed by atoms with Crippen molar-refractivity contribution in [3.8, 4) is 0 Å². The summed E-state index contributed by atoms with van der Waals surface area (Å²) in [5, 5.41) is 5.96. The summed E-state index contributed by atoms with van der Waals surface area (Å²) >= 11 is 0. The highest BCUT2D eigenvalue weighted by atomic mass is 35.5. The molecule has 4 nitrogen and oxygen atoms in total. The molecule has 1 unspecified atom stereocenters. The van der Waals surface area contributed by atoms with Gasteiger partial charge in [0.25, 0.3) is 0 Å². The topological polar surface area (TPSA) is 44.4 Å². The van der Waals surface area contributed by atoms with Crippen molar-refractivity contribution in [3.05, 3.63) is 0 Å². The third kappa shape index (κ3) is 8.97. The lowest BCUT2D eigenvalue weighted by Crippen LogP contribution is -2.35. The van der Waals surface area contributed by atoms with E-state index in [0.29, 0.717) is 12.3 Å². The van der Waals surface area contributed by atoms with Crippen molar-refractivity contribution >= 4 is 30.7 Å². The lowest BCUT2D eigenvalue weighted by atomic mass is 10.1. The Kier molecular flexibility index (Phi) is 13.6. The van der Waals surface area contributed by atoms with Crippen LogP contribution in [0.4, 0.5) is 0 Å². The van der Waals surface area contributed by atoms with Gasteiger partial charge in [0.2, 0.25) is 5.91 Å². The first-order chi connectivity index (χ1) is 7.72. The van der Waals surface area contributed by atoms with Gasteiger partial charge in [0.15, 0.2) is 0 Å². The van der Waals surface area contributed by atoms with E-state index in [9.17, 15) is 4.79 Å². The molecule has 1 atom stereocenters. The second-order valence-corrected chi connectivity index (χ2v) is 4.77. The van der Waals surface area contributed by atoms with Crippen LogP contribution in [0.5, 0.6) is 0 Å². The number of carbonyl (C=O) groups excluding carboxylic acids is 1. The van der Waals surface area contributed by atoms with Crippen LogP contribution < -0.4 is 10.6 Å². The Balaban J connectivity index is 0. The molecule has 18 heavy (non-hydrogen) atoms. The van der Waals surface area contributed by atoms with Crippen molar-refractivity contribution in [2.45, 2.75) is 26.2 Å². The van der Waals surface area contributed by atoms with Crippen molar-refractivity contribution in [1.82, 2.24) is 15.5 Å². The van der Waals surface area contributed by atoms with E-state index >= 15 is 0 Å². The van der Waals surface area contributed by atoms with Crippen LogP contribution in [0.1, 0.15) is 26.2 Å². The summed E-state index contributed by atoms with van der Waals surface area (Å²) in [5.41, 5.74) is 0. The third-order valence-electron chi connectivity index (χ3n) is 3.02. The summed E-state index contributed by atoms with van der Waals surface area (Å²) in [4.78, 5) is 13.9. The van der Waals surface area contributed by atoms with Crippen LogP contribution in [0.3, 0.4) is 0 Å². The first-order valence-corrected chi connectivity index (χ1v) is 6.36. The zero-order chi connectivity index (χ0) is 11.8. The Hall–Kier alpha value is -0.0300. The van der Waals surface area contributed by atoms with Crippen molar-refractivity contribution < 1.29 is 4.79 Å². The summed E-state index contributed by atoms with van der Waals surface area (Å²) in [7, 11) is 1.86. The zero-order valence-corrected chi connectivity index (χ0v) is 13.0. The molecule has 1 amide bonds. The van der Waals surface area contributed by atoms with E-state index in [0.717, 1.165) is 19.6 Å². The molecule has 1 fully saturated rings. The standard InChI is InChI=1S/C12H25N3O.2ClH/c1-11(10-15-7-3-4-8-15)9-14-12(16)5-6-13-2;;/h11,13H,3-10H2,1-2H3,(H,14,16);2*1H. The number of hydrogen-bond acceptors (Lipinski definition) is 3. The molecule has 0 aliphatic carbocycles. The maximum atomic E-state index is 11.4. The number of nitrogens with one attached hydrogen (secondary N) is 2. The minimum absolute atomic E-state index is 0. The molecule has 6 heteroatoms. The molecule has 0 aromatic carbocycles. The van der Waals surface area contributed by atoms with E-state index in [1.165, 1.54) is 25.9 Å². The minimum atomic E-state index is 0. The Labute approximate surface area is 123 Å². The number of halogens is 2. The van der Waals surface area contributed by atoms with Gasteiger partial charge in [-0.05, 0) is 38.9 Å². The molecule has 0 saturated carbocycles. The fourth-order valence-corrected chi connectivity index (χ4v) is 2.09. The Morgan fingerprint density at radius 2 is 1.89 bits per heavy atom. The van der Waals surface area contributed by atoms with Gasteiger partial charge >= 0.3 is 0 Å². The van der Waals surface area contributed by atoms with Gasteiger partial charge in [-0.25, -0.2) is 0 Å². The Morgan fingerprint density at radius 3 is 2.44 bits per heavy atom. The van der Waals surface area contributed by atoms with Gasteiger partial charge in [0.05, 0.1) is 0 Å². The maximum absolute atomic E-state index is 11.4. The molecule has 2 N–H and O–H groups in total. The highest BCUT2D eigenvalue weighted by molar-refractivity contribution is 5.85. The zero-order valence-electron chi connectivity index (χ0n) is 11.4. The van der Waals surface area contributed by atoms with Crippen LogP contribution >= 0.6 is 24.8 Å². The number of carbonyl (C=O) groups is 1. The molecule has 1 saturated heterocycles. The Bertz CT molecular complexity index is 211. The van der Waals surface area contributed by atoms with E-state index in [-0.39, 0.29) is 30.7 Å². The molecule has 110 valence electrons. The summed E-state index contributed by atoms with van der Waals surface area (Å²) in [5.74, 6) is 0.708. The highest BCUT2D eigenvalue weighted by Gasteiger charge is 2.14. The largest absolute Gasteiger partial charge is 0.356 e. The first kappa shape index (κ1) is 20.3. The number of likely N-dealkylation sites (tertiary alicyclic amines) is 1. The number of nitrogens with zero attached hydrogens (tertiary/aromatic N) is 1. The van der Waals surface area contributed by atoms with Crippen LogP contribution in [0, 0.1) is 5.92 Å². The third-order valence-corrected chi connectivity index (χ3v) is 3.02. The van der Waals surface area contributed by atoms with Gasteiger partial charge in [-0.15, -0.1) is 24.8 Å². The molecule has 1 heterocycles. The van der Waals surface area contributed by atoms with Crippen molar-refractivity contribution in [1.29, 1.82) is 0 Å². The molecule has 1 aliphatic heterocycles. The number of rotatable bonds is 7. The molecule has 0 spiro atoms. The normalized spacial score (nSPS) is 16.6. The monoisotopic (exact) mass is 299 g/mol. The SMILES string of the molecule is CNCCC(=O)NCC(C)CN1CCCC1.Cl.Cl. The molecule has 0 aromatic rings. The Morgan fingerprint density at radius 1 is 1.28 bits per heavy atom. The van der Waals surface area contributed by atoms with Crippen LogP contribution in [-0.2, 0) is 4.79 Å². The van der Waals surface area contributed by atoms with E-state index in [4.69, 9.17) is 0 Å². The summed E-state index contributed by atoms with van der Waals surface area (Å²) in [6, 6.07) is 0. The first-order valence-electron chi connectivity index (χ1n) is 6.36. The smallest absolute Gasteiger partial charge is 0.221 e. The van der Waals surface area contributed by atoms with Gasteiger partial charge in [0, 0.05) is 26.1 Å². The average Bonchev–Trinajstić information content (AvgIpc) is 2.76. The summed E-state index contributed by atoms with van der Waals surface area (Å²) in [6.45, 7) is 7.35. The molecule has 0 radical (unpaired) electrons. The second kappa shape index (κ2) is 12.0. The summed E-state index contributed by atoms with van der Waals surface area (Å²) < 4.78 is 0. The van der Waals surface area contributed by atoms with Crippen molar-refractivity contribution in [2.75, 3.05) is 39.8 Å². The molecular formula is C12H27Cl2N3O. The van der Waals surface area contributed by atoms with Crippen LogP contribution in [0.15, 0.2) is 0 Å². The van der Waals surface area contributed by atoms with E-state index < -0.39 is 0 Å². The molecule has 1 rings (SSSR count). The van der Waals surface area contributed by atoms with E-state index in [1.807, 2.05) is 7.05 Å². The lowest BCUT2D eigenvalue weighted by molar-refractivity contribution is -0.121. The highest BCUT2D eigenvalue weighted by Crippen LogP contribution is 2.09. The van der Waals surface area contributed by atoms with E-state index in [2.05, 4.69) is 22.5 Å². The van der Waals surface area contributed by atoms with Crippen molar-refractivity contribution in [3.63, 3.8) is 0 Å². The average molecular weight is 300 g/mol. The van der Waals surface area contributed by atoms with E-state index in [1.54, 1.807) is 0 Å². The minimum Gasteiger partial charge on any atom is -0.356 e. The fraction of sp³-hybridized carbons (Fsp3) is 0.917. The fourth-order valence-electron chi connectivity index (χ4n) is 2.09. The van der Waals surface area contributed by atoms with Gasteiger partial charge < -0.3 is 15.5 Å². The van der Waals surface area contributed by atoms with Gasteiger partial charge in [0.1, 0.15) is 0 Å². The predicted octanol–water partition coefficient (Wildman–Crippen LogP) is 1.29. The van der Waals surface area contributed by atoms with Crippen LogP contribution in [0.2, 0.25) is 0 Å². The summed E-state index contributed by atoms with van der Waals surface area (Å²) in [6.07, 6.45) is 3.25. The van der Waals surface area contributed by atoms with Crippen LogP contribution in [0.25, 0.3) is 0 Å². The molecular weight excluding hydrogens is 273 g/mol. The van der Waals surface area contributed by atoms with Crippen molar-refractivity contribution in [2.24, 2.45) is 5.92 Å². The van der Waals surface area contributed by atoms with Gasteiger partial charge in [-0.2, -0.15) is 0 Å². The van der Waals surface area contributed by atoms with Gasteiger partial charge in [-0.3, -0.25) is 4.79 Å². The molecule has 0 bridgehead atoms. The molecule has 0 aromatic heterocycles. The quantitative estimate of drug-likeness (QED) is 0.744. The lowest BCUT2D eigenvalue weighted by Gasteiger charge is -2.20. The van der Waals surface area contributed by atoms with Crippen LogP contribution in [-0.4, -0.2) is 50.6 Å². The molecule has 1 aliphatic rings. The maximum Gasteiger partial charge on any atom is 0.221 e.